The molecule has 112 valence electrons. The molecular formula is C16H25NO3. The molecule has 1 unspecified atom stereocenters. The lowest BCUT2D eigenvalue weighted by molar-refractivity contribution is 0.111. The summed E-state index contributed by atoms with van der Waals surface area (Å²) in [5.41, 5.74) is 1.06. The minimum absolute atomic E-state index is 0.266. The summed E-state index contributed by atoms with van der Waals surface area (Å²) < 4.78 is 11.5. The van der Waals surface area contributed by atoms with E-state index in [-0.39, 0.29) is 12.2 Å². The largest absolute Gasteiger partial charge is 0.493 e. The molecule has 1 N–H and O–H groups in total. The fourth-order valence-electron chi connectivity index (χ4n) is 2.56. The van der Waals surface area contributed by atoms with Crippen molar-refractivity contribution in [1.82, 2.24) is 4.90 Å². The Balaban J connectivity index is 2.03. The normalized spacial score (nSPS) is 18.8. The Morgan fingerprint density at radius 3 is 2.60 bits per heavy atom. The van der Waals surface area contributed by atoms with Gasteiger partial charge < -0.3 is 19.5 Å². The molecule has 2 rings (SSSR count). The van der Waals surface area contributed by atoms with Crippen molar-refractivity contribution >= 4 is 0 Å². The summed E-state index contributed by atoms with van der Waals surface area (Å²) in [6, 6.07) is 5.91. The molecular weight excluding hydrogens is 254 g/mol. The van der Waals surface area contributed by atoms with E-state index in [9.17, 15) is 5.11 Å². The van der Waals surface area contributed by atoms with Gasteiger partial charge in [-0.05, 0) is 50.9 Å². The van der Waals surface area contributed by atoms with Gasteiger partial charge in [-0.3, -0.25) is 0 Å². The summed E-state index contributed by atoms with van der Waals surface area (Å²) >= 11 is 0. The van der Waals surface area contributed by atoms with Crippen molar-refractivity contribution in [3.63, 3.8) is 0 Å². The highest BCUT2D eigenvalue weighted by molar-refractivity contribution is 5.43. The number of benzene rings is 1. The number of hydrogen-bond donors (Lipinski definition) is 1. The fraction of sp³-hybridized carbons (Fsp3) is 0.625. The van der Waals surface area contributed by atoms with Gasteiger partial charge in [0.25, 0.3) is 0 Å². The average molecular weight is 279 g/mol. The molecule has 1 fully saturated rings. The van der Waals surface area contributed by atoms with E-state index in [0.29, 0.717) is 6.42 Å². The summed E-state index contributed by atoms with van der Waals surface area (Å²) in [6.07, 6.45) is 2.65. The summed E-state index contributed by atoms with van der Waals surface area (Å²) in [5, 5.41) is 9.45. The Morgan fingerprint density at radius 1 is 1.30 bits per heavy atom. The van der Waals surface area contributed by atoms with Crippen molar-refractivity contribution in [3.8, 4) is 11.5 Å². The van der Waals surface area contributed by atoms with Gasteiger partial charge >= 0.3 is 0 Å². The SMILES string of the molecule is COc1cc(CC(C)O)ccc1OC1CCN(C)CC1. The molecule has 0 aliphatic carbocycles. The third-order valence-corrected chi connectivity index (χ3v) is 3.72. The molecule has 1 aromatic carbocycles. The number of ether oxygens (including phenoxy) is 2. The number of likely N-dealkylation sites (tertiary alicyclic amines) is 1. The minimum Gasteiger partial charge on any atom is -0.493 e. The molecule has 1 aromatic rings. The van der Waals surface area contributed by atoms with Crippen molar-refractivity contribution in [3.05, 3.63) is 23.8 Å². The van der Waals surface area contributed by atoms with Gasteiger partial charge in [0.05, 0.1) is 13.2 Å². The number of nitrogens with zero attached hydrogens (tertiary/aromatic N) is 1. The molecule has 0 aromatic heterocycles. The lowest BCUT2D eigenvalue weighted by Crippen LogP contribution is -2.35. The van der Waals surface area contributed by atoms with Crippen LogP contribution in [0.4, 0.5) is 0 Å². The van der Waals surface area contributed by atoms with Crippen LogP contribution in [0, 0.1) is 0 Å². The molecule has 1 aliphatic heterocycles. The molecule has 4 nitrogen and oxygen atoms in total. The first-order chi connectivity index (χ1) is 9.58. The minimum atomic E-state index is -0.347. The topological polar surface area (TPSA) is 41.9 Å². The summed E-state index contributed by atoms with van der Waals surface area (Å²) in [5.74, 6) is 1.55. The van der Waals surface area contributed by atoms with E-state index in [1.807, 2.05) is 18.2 Å². The third kappa shape index (κ3) is 4.12. The van der Waals surface area contributed by atoms with Crippen molar-refractivity contribution in [1.29, 1.82) is 0 Å². The van der Waals surface area contributed by atoms with E-state index in [4.69, 9.17) is 9.47 Å². The van der Waals surface area contributed by atoms with E-state index >= 15 is 0 Å². The van der Waals surface area contributed by atoms with E-state index < -0.39 is 0 Å². The predicted octanol–water partition coefficient (Wildman–Crippen LogP) is 2.09. The Kier molecular flexibility index (Phi) is 5.26. The molecule has 20 heavy (non-hydrogen) atoms. The van der Waals surface area contributed by atoms with Crippen LogP contribution in [-0.2, 0) is 6.42 Å². The summed E-state index contributed by atoms with van der Waals surface area (Å²) in [4.78, 5) is 2.32. The molecule has 1 aliphatic rings. The number of piperidine rings is 1. The smallest absolute Gasteiger partial charge is 0.161 e. The van der Waals surface area contributed by atoms with E-state index in [1.165, 1.54) is 0 Å². The first kappa shape index (κ1) is 15.1. The molecule has 0 saturated carbocycles. The van der Waals surface area contributed by atoms with Crippen LogP contribution < -0.4 is 9.47 Å². The standard InChI is InChI=1S/C16H25NO3/c1-12(18)10-13-4-5-15(16(11-13)19-3)20-14-6-8-17(2)9-7-14/h4-5,11-12,14,18H,6-10H2,1-3H3. The second kappa shape index (κ2) is 6.95. The Morgan fingerprint density at radius 2 is 2.00 bits per heavy atom. The zero-order chi connectivity index (χ0) is 14.5. The Hall–Kier alpha value is -1.26. The van der Waals surface area contributed by atoms with Crippen LogP contribution in [0.5, 0.6) is 11.5 Å². The molecule has 1 saturated heterocycles. The quantitative estimate of drug-likeness (QED) is 0.896. The van der Waals surface area contributed by atoms with Gasteiger partial charge in [0.1, 0.15) is 6.10 Å². The highest BCUT2D eigenvalue weighted by Gasteiger charge is 2.19. The van der Waals surface area contributed by atoms with Crippen LogP contribution in [0.2, 0.25) is 0 Å². The number of hydrogen-bond acceptors (Lipinski definition) is 4. The lowest BCUT2D eigenvalue weighted by Gasteiger charge is -2.29. The fourth-order valence-corrected chi connectivity index (χ4v) is 2.56. The number of aliphatic hydroxyl groups is 1. The summed E-state index contributed by atoms with van der Waals surface area (Å²) in [7, 11) is 3.80. The van der Waals surface area contributed by atoms with E-state index in [2.05, 4.69) is 11.9 Å². The van der Waals surface area contributed by atoms with Crippen LogP contribution in [0.15, 0.2) is 18.2 Å². The molecule has 1 heterocycles. The van der Waals surface area contributed by atoms with Gasteiger partial charge in [-0.1, -0.05) is 6.07 Å². The summed E-state index contributed by atoms with van der Waals surface area (Å²) in [6.45, 7) is 3.94. The third-order valence-electron chi connectivity index (χ3n) is 3.72. The van der Waals surface area contributed by atoms with Crippen LogP contribution in [-0.4, -0.2) is 49.5 Å². The van der Waals surface area contributed by atoms with Crippen LogP contribution >= 0.6 is 0 Å². The first-order valence-electron chi connectivity index (χ1n) is 7.28. The molecule has 0 radical (unpaired) electrons. The molecule has 0 spiro atoms. The Bertz CT molecular complexity index is 426. The second-order valence-electron chi connectivity index (χ2n) is 5.66. The monoisotopic (exact) mass is 279 g/mol. The van der Waals surface area contributed by atoms with E-state index in [1.54, 1.807) is 14.0 Å². The first-order valence-corrected chi connectivity index (χ1v) is 7.28. The molecule has 0 bridgehead atoms. The maximum absolute atomic E-state index is 9.45. The second-order valence-corrected chi connectivity index (χ2v) is 5.66. The van der Waals surface area contributed by atoms with Gasteiger partial charge in [0.15, 0.2) is 11.5 Å². The maximum Gasteiger partial charge on any atom is 0.161 e. The van der Waals surface area contributed by atoms with Crippen molar-refractivity contribution in [2.24, 2.45) is 0 Å². The van der Waals surface area contributed by atoms with E-state index in [0.717, 1.165) is 43.0 Å². The molecule has 4 heteroatoms. The molecule has 1 atom stereocenters. The average Bonchev–Trinajstić information content (AvgIpc) is 2.42. The van der Waals surface area contributed by atoms with Crippen molar-refractivity contribution in [2.45, 2.75) is 38.4 Å². The highest BCUT2D eigenvalue weighted by Crippen LogP contribution is 2.31. The molecule has 0 amide bonds. The van der Waals surface area contributed by atoms with Crippen LogP contribution in [0.25, 0.3) is 0 Å². The number of aliphatic hydroxyl groups excluding tert-OH is 1. The number of methoxy groups -OCH3 is 1. The van der Waals surface area contributed by atoms with Gasteiger partial charge in [-0.15, -0.1) is 0 Å². The number of rotatable bonds is 5. The van der Waals surface area contributed by atoms with Crippen LogP contribution in [0.1, 0.15) is 25.3 Å². The zero-order valence-corrected chi connectivity index (χ0v) is 12.6. The van der Waals surface area contributed by atoms with Crippen molar-refractivity contribution in [2.75, 3.05) is 27.2 Å². The van der Waals surface area contributed by atoms with Gasteiger partial charge in [0, 0.05) is 13.1 Å². The van der Waals surface area contributed by atoms with Crippen LogP contribution in [0.3, 0.4) is 0 Å². The predicted molar refractivity (Wildman–Crippen MR) is 79.5 cm³/mol. The van der Waals surface area contributed by atoms with Gasteiger partial charge in [0.2, 0.25) is 0 Å². The Labute approximate surface area is 121 Å². The lowest BCUT2D eigenvalue weighted by atomic mass is 10.1. The van der Waals surface area contributed by atoms with Gasteiger partial charge in [-0.2, -0.15) is 0 Å². The zero-order valence-electron chi connectivity index (χ0n) is 12.6. The van der Waals surface area contributed by atoms with Gasteiger partial charge in [-0.25, -0.2) is 0 Å². The maximum atomic E-state index is 9.45. The van der Waals surface area contributed by atoms with Crippen molar-refractivity contribution < 1.29 is 14.6 Å². The highest BCUT2D eigenvalue weighted by atomic mass is 16.5.